The molecule has 8 nitrogen and oxygen atoms in total. The topological polar surface area (TPSA) is 110 Å². The monoisotopic (exact) mass is 305 g/mol. The third-order valence-corrected chi connectivity index (χ3v) is 3.75. The summed E-state index contributed by atoms with van der Waals surface area (Å²) in [5.41, 5.74) is -0.740. The van der Waals surface area contributed by atoms with Crippen molar-refractivity contribution in [1.29, 1.82) is 0 Å². The summed E-state index contributed by atoms with van der Waals surface area (Å²) in [6.07, 6.45) is 3.64. The minimum absolute atomic E-state index is 0.137. The van der Waals surface area contributed by atoms with E-state index in [1.807, 2.05) is 0 Å². The van der Waals surface area contributed by atoms with Crippen molar-refractivity contribution in [1.82, 2.24) is 15.0 Å². The van der Waals surface area contributed by atoms with E-state index < -0.39 is 5.63 Å². The predicted molar refractivity (Wildman–Crippen MR) is 73.3 cm³/mol. The number of rotatable bonds is 3. The summed E-state index contributed by atoms with van der Waals surface area (Å²) in [5, 5.41) is 13.2. The molecule has 2 aromatic heterocycles. The van der Waals surface area contributed by atoms with Gasteiger partial charge in [0.15, 0.2) is 11.6 Å². The summed E-state index contributed by atoms with van der Waals surface area (Å²) in [4.78, 5) is 29.1. The lowest BCUT2D eigenvalue weighted by atomic mass is 9.93. The first-order chi connectivity index (χ1) is 10.6. The van der Waals surface area contributed by atoms with E-state index >= 15 is 0 Å². The van der Waals surface area contributed by atoms with Gasteiger partial charge in [0.1, 0.15) is 5.75 Å². The molecule has 3 rings (SSSR count). The molecule has 0 aromatic carbocycles. The molecule has 0 atom stereocenters. The van der Waals surface area contributed by atoms with Gasteiger partial charge in [-0.3, -0.25) is 4.79 Å². The van der Waals surface area contributed by atoms with E-state index in [4.69, 9.17) is 8.94 Å². The second-order valence-electron chi connectivity index (χ2n) is 5.29. The van der Waals surface area contributed by atoms with Crippen LogP contribution in [-0.2, 0) is 6.42 Å². The van der Waals surface area contributed by atoms with Gasteiger partial charge in [-0.25, -0.2) is 4.79 Å². The van der Waals surface area contributed by atoms with Crippen LogP contribution in [0.25, 0.3) is 0 Å². The summed E-state index contributed by atoms with van der Waals surface area (Å²) in [6, 6.07) is 2.09. The molecule has 1 saturated heterocycles. The second kappa shape index (κ2) is 6.00. The van der Waals surface area contributed by atoms with Gasteiger partial charge in [-0.1, -0.05) is 5.16 Å². The Morgan fingerprint density at radius 3 is 2.77 bits per heavy atom. The third kappa shape index (κ3) is 3.16. The van der Waals surface area contributed by atoms with Gasteiger partial charge in [-0.05, 0) is 18.8 Å². The van der Waals surface area contributed by atoms with Crippen molar-refractivity contribution in [2.45, 2.75) is 19.3 Å². The maximum Gasteiger partial charge on any atom is 0.340 e. The van der Waals surface area contributed by atoms with Crippen LogP contribution < -0.4 is 5.63 Å². The molecule has 8 heteroatoms. The Morgan fingerprint density at radius 1 is 1.36 bits per heavy atom. The molecule has 1 aliphatic heterocycles. The molecular formula is C14H15N3O5. The zero-order valence-corrected chi connectivity index (χ0v) is 11.8. The van der Waals surface area contributed by atoms with Gasteiger partial charge in [0.25, 0.3) is 5.91 Å². The second-order valence-corrected chi connectivity index (χ2v) is 5.29. The van der Waals surface area contributed by atoms with E-state index in [-0.39, 0.29) is 17.4 Å². The number of amides is 1. The summed E-state index contributed by atoms with van der Waals surface area (Å²) in [6.45, 7) is 1.11. The quantitative estimate of drug-likeness (QED) is 0.894. The van der Waals surface area contributed by atoms with E-state index in [0.29, 0.717) is 24.8 Å². The van der Waals surface area contributed by atoms with Crippen LogP contribution >= 0.6 is 0 Å². The van der Waals surface area contributed by atoms with E-state index in [1.54, 1.807) is 4.90 Å². The molecule has 1 amide bonds. The molecule has 2 aromatic rings. The number of piperidine rings is 1. The molecule has 0 saturated carbocycles. The number of aromatic nitrogens is 2. The SMILES string of the molecule is O=C(c1cc(O)cc(=O)o1)N1CCC(Cc2ncon2)CC1. The fourth-order valence-electron chi connectivity index (χ4n) is 2.61. The van der Waals surface area contributed by atoms with Crippen LogP contribution in [0.5, 0.6) is 5.75 Å². The molecular weight excluding hydrogens is 290 g/mol. The Hall–Kier alpha value is -2.64. The van der Waals surface area contributed by atoms with Crippen LogP contribution in [0.3, 0.4) is 0 Å². The lowest BCUT2D eigenvalue weighted by molar-refractivity contribution is 0.0651. The van der Waals surface area contributed by atoms with E-state index in [2.05, 4.69) is 10.1 Å². The number of hydrogen-bond donors (Lipinski definition) is 1. The average molecular weight is 305 g/mol. The summed E-state index contributed by atoms with van der Waals surface area (Å²) < 4.78 is 9.55. The lowest BCUT2D eigenvalue weighted by Gasteiger charge is -2.31. The molecule has 1 fully saturated rings. The first kappa shape index (κ1) is 14.3. The summed E-state index contributed by atoms with van der Waals surface area (Å²) >= 11 is 0. The molecule has 0 spiro atoms. The molecule has 1 aliphatic rings. The number of likely N-dealkylation sites (tertiary alicyclic amines) is 1. The predicted octanol–water partition coefficient (Wildman–Crippen LogP) is 0.823. The molecule has 116 valence electrons. The van der Waals surface area contributed by atoms with Gasteiger partial charge in [0.2, 0.25) is 6.39 Å². The molecule has 0 aliphatic carbocycles. The third-order valence-electron chi connectivity index (χ3n) is 3.75. The highest BCUT2D eigenvalue weighted by Crippen LogP contribution is 2.22. The highest BCUT2D eigenvalue weighted by atomic mass is 16.5. The number of nitrogens with zero attached hydrogens (tertiary/aromatic N) is 3. The Kier molecular flexibility index (Phi) is 3.90. The fourth-order valence-corrected chi connectivity index (χ4v) is 2.61. The number of carbonyl (C=O) groups is 1. The Labute approximate surface area is 125 Å². The molecule has 1 N–H and O–H groups in total. The van der Waals surface area contributed by atoms with Gasteiger partial charge in [-0.2, -0.15) is 4.98 Å². The molecule has 3 heterocycles. The van der Waals surface area contributed by atoms with Gasteiger partial charge in [0.05, 0.1) is 6.07 Å². The van der Waals surface area contributed by atoms with Crippen LogP contribution in [0.2, 0.25) is 0 Å². The Bertz CT molecular complexity index is 702. The van der Waals surface area contributed by atoms with E-state index in [9.17, 15) is 14.7 Å². The largest absolute Gasteiger partial charge is 0.508 e. The summed E-state index contributed by atoms with van der Waals surface area (Å²) in [7, 11) is 0. The van der Waals surface area contributed by atoms with Crippen LogP contribution in [0, 0.1) is 5.92 Å². The average Bonchev–Trinajstić information content (AvgIpc) is 2.99. The van der Waals surface area contributed by atoms with Crippen LogP contribution in [0.1, 0.15) is 29.2 Å². The standard InChI is InChI=1S/C14H15N3O5/c18-10-6-11(22-13(19)7-10)14(20)17-3-1-9(2-4-17)5-12-15-8-21-16-12/h6-9,18H,1-5H2. The minimum Gasteiger partial charge on any atom is -0.508 e. The minimum atomic E-state index is -0.740. The number of hydrogen-bond acceptors (Lipinski definition) is 7. The van der Waals surface area contributed by atoms with Crippen LogP contribution in [0.4, 0.5) is 0 Å². The van der Waals surface area contributed by atoms with Crippen LogP contribution in [-0.4, -0.2) is 39.1 Å². The van der Waals surface area contributed by atoms with Crippen molar-refractivity contribution in [3.63, 3.8) is 0 Å². The van der Waals surface area contributed by atoms with Crippen molar-refractivity contribution in [3.8, 4) is 5.75 Å². The fraction of sp³-hybridized carbons (Fsp3) is 0.429. The Morgan fingerprint density at radius 2 is 2.14 bits per heavy atom. The maximum atomic E-state index is 12.3. The van der Waals surface area contributed by atoms with Gasteiger partial charge in [0, 0.05) is 25.6 Å². The maximum absolute atomic E-state index is 12.3. The van der Waals surface area contributed by atoms with Gasteiger partial charge in [-0.15, -0.1) is 0 Å². The van der Waals surface area contributed by atoms with Crippen molar-refractivity contribution in [2.75, 3.05) is 13.1 Å². The molecule has 0 unspecified atom stereocenters. The smallest absolute Gasteiger partial charge is 0.340 e. The summed E-state index contributed by atoms with van der Waals surface area (Å²) in [5.74, 6) is 0.265. The number of aromatic hydroxyl groups is 1. The van der Waals surface area contributed by atoms with Crippen LogP contribution in [0.15, 0.2) is 32.3 Å². The zero-order chi connectivity index (χ0) is 15.5. The first-order valence-corrected chi connectivity index (χ1v) is 7.00. The molecule has 22 heavy (non-hydrogen) atoms. The Balaban J connectivity index is 1.61. The van der Waals surface area contributed by atoms with E-state index in [0.717, 1.165) is 31.4 Å². The lowest BCUT2D eigenvalue weighted by Crippen LogP contribution is -2.39. The first-order valence-electron chi connectivity index (χ1n) is 7.00. The highest BCUT2D eigenvalue weighted by Gasteiger charge is 2.26. The molecule has 0 bridgehead atoms. The van der Waals surface area contributed by atoms with Crippen molar-refractivity contribution < 1.29 is 18.8 Å². The van der Waals surface area contributed by atoms with Crippen molar-refractivity contribution in [2.24, 2.45) is 5.92 Å². The highest BCUT2D eigenvalue weighted by molar-refractivity contribution is 5.91. The normalized spacial score (nSPS) is 15.9. The number of carbonyl (C=O) groups excluding carboxylic acids is 1. The zero-order valence-electron chi connectivity index (χ0n) is 11.8. The van der Waals surface area contributed by atoms with Gasteiger partial charge < -0.3 is 18.9 Å². The van der Waals surface area contributed by atoms with Crippen molar-refractivity contribution >= 4 is 5.91 Å². The van der Waals surface area contributed by atoms with E-state index in [1.165, 1.54) is 6.39 Å². The molecule has 0 radical (unpaired) electrons. The van der Waals surface area contributed by atoms with Crippen molar-refractivity contribution in [3.05, 3.63) is 40.5 Å². The van der Waals surface area contributed by atoms with Gasteiger partial charge >= 0.3 is 5.63 Å².